The van der Waals surface area contributed by atoms with Gasteiger partial charge < -0.3 is 15.7 Å². The van der Waals surface area contributed by atoms with Crippen molar-refractivity contribution in [3.05, 3.63) is 11.1 Å². The summed E-state index contributed by atoms with van der Waals surface area (Å²) in [5, 5.41) is 15.8. The second-order valence-electron chi connectivity index (χ2n) is 5.33. The number of carbonyl (C=O) groups is 3. The first-order valence-corrected chi connectivity index (χ1v) is 6.76. The van der Waals surface area contributed by atoms with Crippen molar-refractivity contribution in [3.8, 4) is 0 Å². The van der Waals surface area contributed by atoms with E-state index in [0.717, 1.165) is 11.3 Å². The average Bonchev–Trinajstić information content (AvgIpc) is 2.70. The zero-order valence-electron chi connectivity index (χ0n) is 11.7. The van der Waals surface area contributed by atoms with E-state index >= 15 is 0 Å². The molecule has 0 spiro atoms. The van der Waals surface area contributed by atoms with Gasteiger partial charge in [-0.2, -0.15) is 0 Å². The Morgan fingerprint density at radius 1 is 1.35 bits per heavy atom. The molecule has 7 nitrogen and oxygen atoms in total. The van der Waals surface area contributed by atoms with Crippen molar-refractivity contribution in [1.82, 2.24) is 10.3 Å². The summed E-state index contributed by atoms with van der Waals surface area (Å²) in [6, 6.07) is -1.03. The number of nitrogens with zero attached hydrogens (tertiary/aromatic N) is 1. The zero-order valence-corrected chi connectivity index (χ0v) is 12.5. The van der Waals surface area contributed by atoms with Crippen LogP contribution in [0.1, 0.15) is 38.2 Å². The lowest BCUT2D eigenvalue weighted by Crippen LogP contribution is -2.49. The number of aliphatic carboxylic acids is 1. The van der Waals surface area contributed by atoms with Gasteiger partial charge in [-0.3, -0.25) is 9.59 Å². The SMILES string of the molecule is CC(=O)Nc1nc(C(=O)NC(C(=O)O)C(C)(C)C)cs1. The van der Waals surface area contributed by atoms with Gasteiger partial charge in [0.1, 0.15) is 11.7 Å². The third-order valence-electron chi connectivity index (χ3n) is 2.41. The molecule has 2 amide bonds. The van der Waals surface area contributed by atoms with Crippen LogP contribution in [0.2, 0.25) is 0 Å². The van der Waals surface area contributed by atoms with E-state index < -0.39 is 23.3 Å². The van der Waals surface area contributed by atoms with Crippen LogP contribution in [-0.2, 0) is 9.59 Å². The van der Waals surface area contributed by atoms with E-state index in [2.05, 4.69) is 15.6 Å². The average molecular weight is 299 g/mol. The van der Waals surface area contributed by atoms with E-state index in [-0.39, 0.29) is 11.6 Å². The summed E-state index contributed by atoms with van der Waals surface area (Å²) >= 11 is 1.10. The summed E-state index contributed by atoms with van der Waals surface area (Å²) in [4.78, 5) is 37.9. The minimum Gasteiger partial charge on any atom is -0.480 e. The third-order valence-corrected chi connectivity index (χ3v) is 3.17. The molecule has 1 rings (SSSR count). The quantitative estimate of drug-likeness (QED) is 0.777. The van der Waals surface area contributed by atoms with Crippen molar-refractivity contribution in [2.45, 2.75) is 33.7 Å². The highest BCUT2D eigenvalue weighted by Crippen LogP contribution is 2.21. The maximum Gasteiger partial charge on any atom is 0.326 e. The summed E-state index contributed by atoms with van der Waals surface area (Å²) in [6.45, 7) is 6.49. The maximum atomic E-state index is 12.0. The molecule has 1 heterocycles. The van der Waals surface area contributed by atoms with Crippen LogP contribution in [-0.4, -0.2) is 33.9 Å². The van der Waals surface area contributed by atoms with Crippen LogP contribution in [0, 0.1) is 5.41 Å². The molecular weight excluding hydrogens is 282 g/mol. The monoisotopic (exact) mass is 299 g/mol. The molecule has 0 aliphatic carbocycles. The van der Waals surface area contributed by atoms with Crippen molar-refractivity contribution in [2.75, 3.05) is 5.32 Å². The zero-order chi connectivity index (χ0) is 15.5. The molecule has 1 aromatic heterocycles. The van der Waals surface area contributed by atoms with E-state index in [1.54, 1.807) is 20.8 Å². The van der Waals surface area contributed by atoms with Gasteiger partial charge in [-0.05, 0) is 5.41 Å². The predicted molar refractivity (Wildman–Crippen MR) is 74.8 cm³/mol. The maximum absolute atomic E-state index is 12.0. The molecule has 0 aliphatic rings. The number of nitrogens with one attached hydrogen (secondary N) is 2. The minimum absolute atomic E-state index is 0.0780. The Hall–Kier alpha value is -1.96. The van der Waals surface area contributed by atoms with Crippen LogP contribution in [0.4, 0.5) is 5.13 Å². The molecule has 0 bridgehead atoms. The Morgan fingerprint density at radius 3 is 2.40 bits per heavy atom. The molecule has 0 saturated carbocycles. The van der Waals surface area contributed by atoms with E-state index in [0.29, 0.717) is 5.13 Å². The number of aromatic nitrogens is 1. The van der Waals surface area contributed by atoms with Gasteiger partial charge in [0.2, 0.25) is 5.91 Å². The van der Waals surface area contributed by atoms with Crippen LogP contribution >= 0.6 is 11.3 Å². The molecule has 1 atom stereocenters. The Morgan fingerprint density at radius 2 is 1.95 bits per heavy atom. The summed E-state index contributed by atoms with van der Waals surface area (Å²) < 4.78 is 0. The lowest BCUT2D eigenvalue weighted by molar-refractivity contribution is -0.142. The number of rotatable bonds is 4. The highest BCUT2D eigenvalue weighted by atomic mass is 32.1. The van der Waals surface area contributed by atoms with Crippen LogP contribution in [0.25, 0.3) is 0 Å². The second kappa shape index (κ2) is 6.00. The molecular formula is C12H17N3O4S. The highest BCUT2D eigenvalue weighted by Gasteiger charge is 2.33. The molecule has 0 saturated heterocycles. The van der Waals surface area contributed by atoms with Crippen molar-refractivity contribution >= 4 is 34.3 Å². The van der Waals surface area contributed by atoms with Crippen LogP contribution in [0.15, 0.2) is 5.38 Å². The Balaban J connectivity index is 2.82. The molecule has 0 fully saturated rings. The number of carboxylic acid groups (broad SMARTS) is 1. The molecule has 0 aromatic carbocycles. The highest BCUT2D eigenvalue weighted by molar-refractivity contribution is 7.14. The molecule has 0 radical (unpaired) electrons. The second-order valence-corrected chi connectivity index (χ2v) is 6.19. The normalized spacial score (nSPS) is 12.6. The largest absolute Gasteiger partial charge is 0.480 e. The molecule has 0 aliphatic heterocycles. The molecule has 8 heteroatoms. The van der Waals surface area contributed by atoms with Crippen LogP contribution in [0.3, 0.4) is 0 Å². The van der Waals surface area contributed by atoms with Gasteiger partial charge >= 0.3 is 5.97 Å². The van der Waals surface area contributed by atoms with Gasteiger partial charge in [0.05, 0.1) is 0 Å². The molecule has 3 N–H and O–H groups in total. The van der Waals surface area contributed by atoms with E-state index in [4.69, 9.17) is 5.11 Å². The van der Waals surface area contributed by atoms with Crippen LogP contribution < -0.4 is 10.6 Å². The molecule has 1 unspecified atom stereocenters. The minimum atomic E-state index is -1.11. The van der Waals surface area contributed by atoms with E-state index in [9.17, 15) is 14.4 Å². The Bertz CT molecular complexity index is 533. The van der Waals surface area contributed by atoms with Gasteiger partial charge in [0, 0.05) is 12.3 Å². The van der Waals surface area contributed by atoms with Gasteiger partial charge in [0.15, 0.2) is 5.13 Å². The number of hydrogen-bond acceptors (Lipinski definition) is 5. The molecule has 1 aromatic rings. The standard InChI is InChI=1S/C12H17N3O4S/c1-6(16)13-11-14-7(5-20-11)9(17)15-8(10(18)19)12(2,3)4/h5,8H,1-4H3,(H,15,17)(H,18,19)(H,13,14,16). The number of carbonyl (C=O) groups excluding carboxylic acids is 2. The lowest BCUT2D eigenvalue weighted by atomic mass is 9.87. The first-order valence-electron chi connectivity index (χ1n) is 5.88. The fraction of sp³-hybridized carbons (Fsp3) is 0.500. The summed E-state index contributed by atoms with van der Waals surface area (Å²) in [5.74, 6) is -1.98. The first kappa shape index (κ1) is 16.1. The summed E-state index contributed by atoms with van der Waals surface area (Å²) in [6.07, 6.45) is 0. The topological polar surface area (TPSA) is 108 Å². The number of hydrogen-bond donors (Lipinski definition) is 3. The lowest BCUT2D eigenvalue weighted by Gasteiger charge is -2.27. The number of anilines is 1. The first-order chi connectivity index (χ1) is 9.11. The number of thiazole rings is 1. The Labute approximate surface area is 120 Å². The smallest absolute Gasteiger partial charge is 0.326 e. The summed E-state index contributed by atoms with van der Waals surface area (Å²) in [5.41, 5.74) is -0.549. The van der Waals surface area contributed by atoms with Gasteiger partial charge in [0.25, 0.3) is 5.91 Å². The van der Waals surface area contributed by atoms with Crippen LogP contribution in [0.5, 0.6) is 0 Å². The molecule has 110 valence electrons. The fourth-order valence-electron chi connectivity index (χ4n) is 1.44. The van der Waals surface area contributed by atoms with Crippen molar-refractivity contribution in [2.24, 2.45) is 5.41 Å². The fourth-order valence-corrected chi connectivity index (χ4v) is 2.18. The van der Waals surface area contributed by atoms with Gasteiger partial charge in [-0.1, -0.05) is 20.8 Å². The summed E-state index contributed by atoms with van der Waals surface area (Å²) in [7, 11) is 0. The van der Waals surface area contributed by atoms with Gasteiger partial charge in [-0.15, -0.1) is 11.3 Å². The van der Waals surface area contributed by atoms with E-state index in [1.807, 2.05) is 0 Å². The number of carboxylic acids is 1. The van der Waals surface area contributed by atoms with E-state index in [1.165, 1.54) is 12.3 Å². The van der Waals surface area contributed by atoms with Crippen molar-refractivity contribution < 1.29 is 19.5 Å². The predicted octanol–water partition coefficient (Wildman–Crippen LogP) is 1.33. The Kier molecular flexibility index (Phi) is 4.83. The molecule has 20 heavy (non-hydrogen) atoms. The van der Waals surface area contributed by atoms with Gasteiger partial charge in [-0.25, -0.2) is 9.78 Å². The third kappa shape index (κ3) is 4.30. The van der Waals surface area contributed by atoms with Crippen molar-refractivity contribution in [3.63, 3.8) is 0 Å². The number of amides is 2. The van der Waals surface area contributed by atoms with Crippen molar-refractivity contribution in [1.29, 1.82) is 0 Å².